The summed E-state index contributed by atoms with van der Waals surface area (Å²) in [5, 5.41) is 14.0. The number of carbonyl (C=O) groups is 2. The Bertz CT molecular complexity index is 1050. The number of benzene rings is 1. The van der Waals surface area contributed by atoms with Gasteiger partial charge in [-0.05, 0) is 31.2 Å². The van der Waals surface area contributed by atoms with E-state index in [0.717, 1.165) is 23.7 Å². The third-order valence-electron chi connectivity index (χ3n) is 5.98. The lowest BCUT2D eigenvalue weighted by Gasteiger charge is -2.33. The number of anilines is 1. The summed E-state index contributed by atoms with van der Waals surface area (Å²) in [4.78, 5) is 39.0. The minimum Gasteiger partial charge on any atom is -0.465 e. The minimum absolute atomic E-state index is 0.0287. The first kappa shape index (κ1) is 22.9. The Balaban J connectivity index is 1.42. The van der Waals surface area contributed by atoms with Crippen LogP contribution in [0.5, 0.6) is 0 Å². The van der Waals surface area contributed by atoms with Gasteiger partial charge in [0.25, 0.3) is 0 Å². The van der Waals surface area contributed by atoms with E-state index < -0.39 is 22.3 Å². The summed E-state index contributed by atoms with van der Waals surface area (Å²) in [6.07, 6.45) is -0.0287. The molecule has 0 bridgehead atoms. The summed E-state index contributed by atoms with van der Waals surface area (Å²) in [7, 11) is 0. The SMILES string of the molecule is Cc1ccc(C(CNC(=O)C2CC(=O)N(c3ccc(F)c([N+](=O)[O-])c3)C2)N2CCOCC2)o1. The molecule has 10 nitrogen and oxygen atoms in total. The van der Waals surface area contributed by atoms with Gasteiger partial charge in [-0.2, -0.15) is 4.39 Å². The molecule has 0 spiro atoms. The van der Waals surface area contributed by atoms with Crippen molar-refractivity contribution in [1.29, 1.82) is 0 Å². The number of furan rings is 1. The summed E-state index contributed by atoms with van der Waals surface area (Å²) in [5.41, 5.74) is -0.518. The number of nitrogens with zero attached hydrogens (tertiary/aromatic N) is 3. The van der Waals surface area contributed by atoms with Crippen LogP contribution in [0.4, 0.5) is 15.8 Å². The van der Waals surface area contributed by atoms with Gasteiger partial charge in [0.2, 0.25) is 17.6 Å². The Morgan fingerprint density at radius 1 is 1.30 bits per heavy atom. The third-order valence-corrected chi connectivity index (χ3v) is 5.98. The molecule has 3 heterocycles. The van der Waals surface area contributed by atoms with E-state index >= 15 is 0 Å². The highest BCUT2D eigenvalue weighted by Crippen LogP contribution is 2.30. The van der Waals surface area contributed by atoms with Crippen LogP contribution < -0.4 is 10.2 Å². The first-order chi connectivity index (χ1) is 15.8. The highest BCUT2D eigenvalue weighted by molar-refractivity contribution is 6.00. The highest BCUT2D eigenvalue weighted by Gasteiger charge is 2.36. The third kappa shape index (κ3) is 5.04. The van der Waals surface area contributed by atoms with Gasteiger partial charge in [0.05, 0.1) is 35.8 Å². The van der Waals surface area contributed by atoms with Gasteiger partial charge in [0, 0.05) is 38.7 Å². The van der Waals surface area contributed by atoms with E-state index in [1.807, 2.05) is 19.1 Å². The molecule has 1 aromatic carbocycles. The van der Waals surface area contributed by atoms with Crippen molar-refractivity contribution in [3.8, 4) is 0 Å². The number of rotatable bonds is 7. The lowest BCUT2D eigenvalue weighted by atomic mass is 10.1. The van der Waals surface area contributed by atoms with Gasteiger partial charge in [-0.25, -0.2) is 0 Å². The number of aryl methyl sites for hydroxylation is 1. The fourth-order valence-electron chi connectivity index (χ4n) is 4.21. The van der Waals surface area contributed by atoms with Crippen LogP contribution in [0.3, 0.4) is 0 Å². The number of nitro benzene ring substituents is 1. The van der Waals surface area contributed by atoms with Crippen molar-refractivity contribution >= 4 is 23.2 Å². The summed E-state index contributed by atoms with van der Waals surface area (Å²) in [6, 6.07) is 6.87. The van der Waals surface area contributed by atoms with E-state index in [1.165, 1.54) is 11.0 Å². The molecule has 2 aliphatic rings. The second kappa shape index (κ2) is 9.67. The Morgan fingerprint density at radius 2 is 2.06 bits per heavy atom. The molecule has 2 saturated heterocycles. The Morgan fingerprint density at radius 3 is 2.73 bits per heavy atom. The summed E-state index contributed by atoms with van der Waals surface area (Å²) < 4.78 is 24.9. The molecule has 176 valence electrons. The van der Waals surface area contributed by atoms with E-state index in [-0.39, 0.29) is 36.5 Å². The van der Waals surface area contributed by atoms with Gasteiger partial charge in [-0.1, -0.05) is 0 Å². The average Bonchev–Trinajstić information content (AvgIpc) is 3.40. The summed E-state index contributed by atoms with van der Waals surface area (Å²) in [6.45, 7) is 4.84. The van der Waals surface area contributed by atoms with Gasteiger partial charge in [-0.3, -0.25) is 24.6 Å². The zero-order valence-corrected chi connectivity index (χ0v) is 18.2. The minimum atomic E-state index is -0.980. The molecule has 1 aromatic heterocycles. The molecule has 2 aliphatic heterocycles. The molecule has 0 saturated carbocycles. The number of nitrogens with one attached hydrogen (secondary N) is 1. The largest absolute Gasteiger partial charge is 0.465 e. The van der Waals surface area contributed by atoms with E-state index in [9.17, 15) is 24.1 Å². The number of nitro groups is 1. The number of carbonyl (C=O) groups excluding carboxylic acids is 2. The van der Waals surface area contributed by atoms with Crippen LogP contribution in [0.1, 0.15) is 24.0 Å². The Labute approximate surface area is 189 Å². The second-order valence-corrected chi connectivity index (χ2v) is 8.16. The van der Waals surface area contributed by atoms with Crippen LogP contribution in [0.2, 0.25) is 0 Å². The second-order valence-electron chi connectivity index (χ2n) is 8.16. The topological polar surface area (TPSA) is 118 Å². The van der Waals surface area contributed by atoms with Crippen molar-refractivity contribution in [3.05, 3.63) is 57.8 Å². The molecule has 1 N–H and O–H groups in total. The number of halogens is 1. The monoisotopic (exact) mass is 460 g/mol. The van der Waals surface area contributed by atoms with Crippen LogP contribution in [-0.4, -0.2) is 61.0 Å². The zero-order chi connectivity index (χ0) is 23.5. The molecule has 4 rings (SSSR count). The van der Waals surface area contributed by atoms with E-state index in [1.54, 1.807) is 0 Å². The first-order valence-electron chi connectivity index (χ1n) is 10.7. The van der Waals surface area contributed by atoms with Gasteiger partial charge in [0.1, 0.15) is 11.5 Å². The van der Waals surface area contributed by atoms with Crippen LogP contribution in [0.25, 0.3) is 0 Å². The molecule has 11 heteroatoms. The van der Waals surface area contributed by atoms with Crippen molar-refractivity contribution in [3.63, 3.8) is 0 Å². The lowest BCUT2D eigenvalue weighted by molar-refractivity contribution is -0.387. The highest BCUT2D eigenvalue weighted by atomic mass is 19.1. The summed E-state index contributed by atoms with van der Waals surface area (Å²) >= 11 is 0. The molecule has 2 amide bonds. The number of hydrogen-bond donors (Lipinski definition) is 1. The number of morpholine rings is 1. The van der Waals surface area contributed by atoms with Gasteiger partial charge < -0.3 is 19.4 Å². The quantitative estimate of drug-likeness (QED) is 0.497. The van der Waals surface area contributed by atoms with Crippen molar-refractivity contribution in [2.75, 3.05) is 44.3 Å². The summed E-state index contributed by atoms with van der Waals surface area (Å²) in [5.74, 6) is -0.707. The molecule has 2 atom stereocenters. The van der Waals surface area contributed by atoms with Crippen molar-refractivity contribution in [2.24, 2.45) is 5.92 Å². The molecule has 2 aromatic rings. The smallest absolute Gasteiger partial charge is 0.306 e. The van der Waals surface area contributed by atoms with E-state index in [2.05, 4.69) is 10.2 Å². The van der Waals surface area contributed by atoms with Crippen molar-refractivity contribution < 1.29 is 28.1 Å². The molecule has 0 radical (unpaired) electrons. The maximum absolute atomic E-state index is 13.7. The van der Waals surface area contributed by atoms with Crippen LogP contribution >= 0.6 is 0 Å². The number of ether oxygens (including phenoxy) is 1. The predicted molar refractivity (Wildman–Crippen MR) is 115 cm³/mol. The van der Waals surface area contributed by atoms with Gasteiger partial charge in [0.15, 0.2) is 0 Å². The molecule has 0 aliphatic carbocycles. The first-order valence-corrected chi connectivity index (χ1v) is 10.7. The van der Waals surface area contributed by atoms with Gasteiger partial charge in [-0.15, -0.1) is 0 Å². The normalized spacial score (nSPS) is 20.1. The molecule has 2 fully saturated rings. The van der Waals surface area contributed by atoms with E-state index in [4.69, 9.17) is 9.15 Å². The number of amides is 2. The van der Waals surface area contributed by atoms with Crippen molar-refractivity contribution in [2.45, 2.75) is 19.4 Å². The molecule has 2 unspecified atom stereocenters. The van der Waals surface area contributed by atoms with Crippen LogP contribution in [0.15, 0.2) is 34.7 Å². The fourth-order valence-corrected chi connectivity index (χ4v) is 4.21. The Hall–Kier alpha value is -3.31. The Kier molecular flexibility index (Phi) is 6.70. The predicted octanol–water partition coefficient (Wildman–Crippen LogP) is 2.18. The molecule has 33 heavy (non-hydrogen) atoms. The van der Waals surface area contributed by atoms with Crippen molar-refractivity contribution in [1.82, 2.24) is 10.2 Å². The van der Waals surface area contributed by atoms with Gasteiger partial charge >= 0.3 is 5.69 Å². The maximum Gasteiger partial charge on any atom is 0.306 e. The average molecular weight is 460 g/mol. The van der Waals surface area contributed by atoms with E-state index in [0.29, 0.717) is 32.8 Å². The van der Waals surface area contributed by atoms with Crippen LogP contribution in [-0.2, 0) is 14.3 Å². The maximum atomic E-state index is 13.7. The number of hydrogen-bond acceptors (Lipinski definition) is 7. The standard InChI is InChI=1S/C22H25FN4O6/c1-14-2-5-20(33-14)19(25-6-8-32-9-7-25)12-24-22(29)15-10-21(28)26(13-15)16-3-4-17(23)18(11-16)27(30)31/h2-5,11,15,19H,6-10,12-13H2,1H3,(H,24,29). The van der Waals surface area contributed by atoms with Crippen LogP contribution in [0, 0.1) is 28.8 Å². The fraction of sp³-hybridized carbons (Fsp3) is 0.455. The zero-order valence-electron chi connectivity index (χ0n) is 18.2. The molecular formula is C22H25FN4O6. The molecular weight excluding hydrogens is 435 g/mol. The lowest BCUT2D eigenvalue weighted by Crippen LogP contribution is -2.44.